The lowest BCUT2D eigenvalue weighted by molar-refractivity contribution is 0.103. The Kier molecular flexibility index (Phi) is 1.99. The summed E-state index contributed by atoms with van der Waals surface area (Å²) >= 11 is 0. The number of fused-ring (bicyclic) bond motifs is 2. The maximum atomic E-state index is 10.7. The van der Waals surface area contributed by atoms with Gasteiger partial charge in [-0.3, -0.25) is 4.90 Å². The number of nitrogens with zero attached hydrogens (tertiary/aromatic N) is 1. The highest BCUT2D eigenvalue weighted by Crippen LogP contribution is 2.54. The molecule has 0 saturated carbocycles. The third-order valence-electron chi connectivity index (χ3n) is 5.49. The van der Waals surface area contributed by atoms with Gasteiger partial charge in [0.25, 0.3) is 0 Å². The summed E-state index contributed by atoms with van der Waals surface area (Å²) in [4.78, 5) is 2.43. The first-order chi connectivity index (χ1) is 9.79. The highest BCUT2D eigenvalue weighted by molar-refractivity contribution is 5.55. The van der Waals surface area contributed by atoms with Gasteiger partial charge in [0.1, 0.15) is 0 Å². The summed E-state index contributed by atoms with van der Waals surface area (Å²) in [6.07, 6.45) is 6.14. The zero-order valence-electron chi connectivity index (χ0n) is 11.2. The number of ether oxygens (including phenoxy) is 2. The van der Waals surface area contributed by atoms with Crippen LogP contribution in [0.2, 0.25) is 0 Å². The van der Waals surface area contributed by atoms with E-state index in [1.54, 1.807) is 0 Å². The molecule has 1 saturated heterocycles. The summed E-state index contributed by atoms with van der Waals surface area (Å²) in [6, 6.07) is 4.66. The van der Waals surface area contributed by atoms with Gasteiger partial charge in [-0.05, 0) is 36.1 Å². The second kappa shape index (κ2) is 3.57. The van der Waals surface area contributed by atoms with Gasteiger partial charge in [0.2, 0.25) is 6.79 Å². The lowest BCUT2D eigenvalue weighted by Crippen LogP contribution is -2.50. The fraction of sp³-hybridized carbons (Fsp3) is 0.500. The molecule has 4 atom stereocenters. The SMILES string of the molecule is OC1CN2Cc3cc4c(cc3C13CC=CCC23)OCO4. The van der Waals surface area contributed by atoms with Gasteiger partial charge in [0.15, 0.2) is 11.5 Å². The van der Waals surface area contributed by atoms with Crippen molar-refractivity contribution < 1.29 is 14.6 Å². The van der Waals surface area contributed by atoms with Gasteiger partial charge in [0, 0.05) is 24.5 Å². The minimum absolute atomic E-state index is 0.149. The quantitative estimate of drug-likeness (QED) is 0.727. The minimum atomic E-state index is -0.293. The first-order valence-electron chi connectivity index (χ1n) is 7.29. The topological polar surface area (TPSA) is 41.9 Å². The van der Waals surface area contributed by atoms with Crippen molar-refractivity contribution in [3.05, 3.63) is 35.4 Å². The third kappa shape index (κ3) is 1.15. The number of allylic oxidation sites excluding steroid dienone is 1. The number of hydrogen-bond donors (Lipinski definition) is 1. The Balaban J connectivity index is 1.77. The van der Waals surface area contributed by atoms with Gasteiger partial charge in [-0.25, -0.2) is 0 Å². The number of benzene rings is 1. The molecule has 1 N–H and O–H groups in total. The van der Waals surface area contributed by atoms with E-state index in [2.05, 4.69) is 29.2 Å². The van der Waals surface area contributed by atoms with Crippen molar-refractivity contribution in [2.45, 2.75) is 36.9 Å². The average molecular weight is 271 g/mol. The van der Waals surface area contributed by atoms with E-state index in [0.717, 1.165) is 37.4 Å². The molecule has 0 spiro atoms. The second-order valence-electron chi connectivity index (χ2n) is 6.28. The van der Waals surface area contributed by atoms with E-state index >= 15 is 0 Å². The second-order valence-corrected chi connectivity index (χ2v) is 6.28. The van der Waals surface area contributed by atoms with E-state index in [1.165, 1.54) is 11.1 Å². The summed E-state index contributed by atoms with van der Waals surface area (Å²) in [6.45, 7) is 1.98. The van der Waals surface area contributed by atoms with E-state index in [0.29, 0.717) is 12.8 Å². The van der Waals surface area contributed by atoms with Crippen LogP contribution in [-0.2, 0) is 12.0 Å². The zero-order valence-corrected chi connectivity index (χ0v) is 11.2. The summed E-state index contributed by atoms with van der Waals surface area (Å²) < 4.78 is 11.0. The number of hydrogen-bond acceptors (Lipinski definition) is 4. The molecule has 2 bridgehead atoms. The summed E-state index contributed by atoms with van der Waals surface area (Å²) in [7, 11) is 0. The molecule has 1 aromatic rings. The molecular formula is C16H17NO3. The van der Waals surface area contributed by atoms with Crippen LogP contribution < -0.4 is 9.47 Å². The van der Waals surface area contributed by atoms with Gasteiger partial charge in [-0.15, -0.1) is 0 Å². The molecule has 5 rings (SSSR count). The van der Waals surface area contributed by atoms with Crippen molar-refractivity contribution in [2.75, 3.05) is 13.3 Å². The third-order valence-corrected chi connectivity index (χ3v) is 5.49. The maximum absolute atomic E-state index is 10.7. The van der Waals surface area contributed by atoms with E-state index in [1.807, 2.05) is 0 Å². The summed E-state index contributed by atoms with van der Waals surface area (Å²) in [5.74, 6) is 1.68. The lowest BCUT2D eigenvalue weighted by Gasteiger charge is -2.46. The molecule has 4 nitrogen and oxygen atoms in total. The molecule has 3 heterocycles. The molecule has 20 heavy (non-hydrogen) atoms. The summed E-state index contributed by atoms with van der Waals surface area (Å²) in [5.41, 5.74) is 2.42. The van der Waals surface area contributed by atoms with Crippen LogP contribution >= 0.6 is 0 Å². The van der Waals surface area contributed by atoms with Crippen molar-refractivity contribution in [3.8, 4) is 11.5 Å². The van der Waals surface area contributed by atoms with Crippen molar-refractivity contribution >= 4 is 0 Å². The van der Waals surface area contributed by atoms with Crippen molar-refractivity contribution in [1.82, 2.24) is 4.90 Å². The van der Waals surface area contributed by atoms with Crippen LogP contribution in [0.15, 0.2) is 24.3 Å². The molecular weight excluding hydrogens is 254 g/mol. The molecule has 4 unspecified atom stereocenters. The molecule has 1 aromatic carbocycles. The maximum Gasteiger partial charge on any atom is 0.231 e. The molecule has 104 valence electrons. The predicted octanol–water partition coefficient (Wildman–Crippen LogP) is 1.56. The Labute approximate surface area is 117 Å². The number of rotatable bonds is 0. The molecule has 4 aliphatic rings. The average Bonchev–Trinajstić information content (AvgIpc) is 2.99. The molecule has 1 fully saturated rings. The highest BCUT2D eigenvalue weighted by atomic mass is 16.7. The minimum Gasteiger partial charge on any atom is -0.454 e. The molecule has 0 aromatic heterocycles. The highest BCUT2D eigenvalue weighted by Gasteiger charge is 2.58. The Morgan fingerprint density at radius 3 is 2.95 bits per heavy atom. The van der Waals surface area contributed by atoms with Gasteiger partial charge in [0.05, 0.1) is 6.10 Å². The Morgan fingerprint density at radius 2 is 2.05 bits per heavy atom. The van der Waals surface area contributed by atoms with Crippen LogP contribution in [-0.4, -0.2) is 35.5 Å². The van der Waals surface area contributed by atoms with E-state index in [9.17, 15) is 5.11 Å². The van der Waals surface area contributed by atoms with Gasteiger partial charge in [-0.2, -0.15) is 0 Å². The first-order valence-corrected chi connectivity index (χ1v) is 7.29. The molecule has 1 aliphatic carbocycles. The summed E-state index contributed by atoms with van der Waals surface area (Å²) in [5, 5.41) is 10.7. The van der Waals surface area contributed by atoms with E-state index < -0.39 is 0 Å². The Morgan fingerprint density at radius 1 is 1.20 bits per heavy atom. The van der Waals surface area contributed by atoms with Crippen LogP contribution in [0, 0.1) is 0 Å². The molecule has 3 aliphatic heterocycles. The van der Waals surface area contributed by atoms with Gasteiger partial charge < -0.3 is 14.6 Å². The predicted molar refractivity (Wildman–Crippen MR) is 72.8 cm³/mol. The Hall–Kier alpha value is -1.52. The molecule has 4 heteroatoms. The Bertz CT molecular complexity index is 626. The van der Waals surface area contributed by atoms with E-state index in [-0.39, 0.29) is 11.5 Å². The first kappa shape index (κ1) is 11.2. The smallest absolute Gasteiger partial charge is 0.231 e. The monoisotopic (exact) mass is 271 g/mol. The number of aliphatic hydroxyl groups excluding tert-OH is 1. The van der Waals surface area contributed by atoms with Crippen molar-refractivity contribution in [1.29, 1.82) is 0 Å². The fourth-order valence-corrected chi connectivity index (χ4v) is 4.61. The van der Waals surface area contributed by atoms with Crippen LogP contribution in [0.25, 0.3) is 0 Å². The largest absolute Gasteiger partial charge is 0.454 e. The number of aliphatic hydroxyl groups is 1. The van der Waals surface area contributed by atoms with Crippen molar-refractivity contribution in [2.24, 2.45) is 0 Å². The van der Waals surface area contributed by atoms with Crippen molar-refractivity contribution in [3.63, 3.8) is 0 Å². The normalized spacial score (nSPS) is 39.5. The van der Waals surface area contributed by atoms with Crippen LogP contribution in [0.3, 0.4) is 0 Å². The van der Waals surface area contributed by atoms with Gasteiger partial charge >= 0.3 is 0 Å². The zero-order chi connectivity index (χ0) is 13.3. The van der Waals surface area contributed by atoms with Gasteiger partial charge in [-0.1, -0.05) is 12.2 Å². The van der Waals surface area contributed by atoms with Crippen LogP contribution in [0.4, 0.5) is 0 Å². The molecule has 0 radical (unpaired) electrons. The molecule has 0 amide bonds. The lowest BCUT2D eigenvalue weighted by atomic mass is 9.64. The fourth-order valence-electron chi connectivity index (χ4n) is 4.61. The van der Waals surface area contributed by atoms with Crippen LogP contribution in [0.1, 0.15) is 24.0 Å². The van der Waals surface area contributed by atoms with Crippen LogP contribution in [0.5, 0.6) is 11.5 Å². The van der Waals surface area contributed by atoms with E-state index in [4.69, 9.17) is 9.47 Å². The standard InChI is InChI=1S/C16H17NO3/c18-15-8-17-7-10-5-12-13(20-9-19-12)6-11(10)16(15)4-2-1-3-14(16)17/h1-2,5-6,14-15,18H,3-4,7-9H2.